The Kier molecular flexibility index (Phi) is 5.02. The van der Waals surface area contributed by atoms with Gasteiger partial charge in [-0.2, -0.15) is 0 Å². The van der Waals surface area contributed by atoms with Crippen molar-refractivity contribution in [2.24, 2.45) is 5.41 Å². The number of hydrogen-bond donors (Lipinski definition) is 2. The van der Waals surface area contributed by atoms with Gasteiger partial charge in [0, 0.05) is 10.9 Å². The van der Waals surface area contributed by atoms with Gasteiger partial charge in [0.25, 0.3) is 5.24 Å². The van der Waals surface area contributed by atoms with Crippen LogP contribution < -0.4 is 5.32 Å². The summed E-state index contributed by atoms with van der Waals surface area (Å²) >= 11 is 1.15. The van der Waals surface area contributed by atoms with Gasteiger partial charge in [0.05, 0.1) is 6.61 Å². The second-order valence-electron chi connectivity index (χ2n) is 4.93. The predicted molar refractivity (Wildman–Crippen MR) is 73.4 cm³/mol. The van der Waals surface area contributed by atoms with Gasteiger partial charge in [-0.05, 0) is 17.5 Å². The molecule has 0 unspecified atom stereocenters. The highest BCUT2D eigenvalue weighted by Gasteiger charge is 2.27. The third-order valence-corrected chi connectivity index (χ3v) is 3.86. The Morgan fingerprint density at radius 2 is 1.94 bits per heavy atom. The number of benzene rings is 1. The molecule has 0 heterocycles. The van der Waals surface area contributed by atoms with Crippen molar-refractivity contribution in [1.82, 2.24) is 0 Å². The molecule has 94 valence electrons. The standard InChI is InChI=1S/C13H19NO2S/c1-13(2,3)11(9-15)17-12(16)14-10-7-5-4-6-8-10/h4-8,11,15H,9H2,1-3H3,(H,14,16)/t11-/m0/s1. The van der Waals surface area contributed by atoms with Crippen LogP contribution in [0.3, 0.4) is 0 Å². The molecule has 0 saturated heterocycles. The van der Waals surface area contributed by atoms with E-state index in [1.54, 1.807) is 0 Å². The maximum Gasteiger partial charge on any atom is 0.283 e. The van der Waals surface area contributed by atoms with Gasteiger partial charge in [-0.15, -0.1) is 0 Å². The van der Waals surface area contributed by atoms with Crippen molar-refractivity contribution in [3.05, 3.63) is 30.3 Å². The monoisotopic (exact) mass is 253 g/mol. The number of carbonyl (C=O) groups excluding carboxylic acids is 1. The van der Waals surface area contributed by atoms with E-state index in [2.05, 4.69) is 5.32 Å². The number of aliphatic hydroxyl groups excluding tert-OH is 1. The van der Waals surface area contributed by atoms with Crippen molar-refractivity contribution >= 4 is 22.7 Å². The molecular formula is C13H19NO2S. The van der Waals surface area contributed by atoms with Crippen LogP contribution in [0.25, 0.3) is 0 Å². The van der Waals surface area contributed by atoms with Gasteiger partial charge in [0.15, 0.2) is 0 Å². The number of amides is 1. The zero-order chi connectivity index (χ0) is 12.9. The van der Waals surface area contributed by atoms with Crippen LogP contribution in [0.1, 0.15) is 20.8 Å². The van der Waals surface area contributed by atoms with Crippen LogP contribution in [-0.2, 0) is 0 Å². The van der Waals surface area contributed by atoms with Crippen molar-refractivity contribution in [2.75, 3.05) is 11.9 Å². The van der Waals surface area contributed by atoms with Crippen LogP contribution in [0.2, 0.25) is 0 Å². The molecule has 1 aromatic carbocycles. The summed E-state index contributed by atoms with van der Waals surface area (Å²) in [7, 11) is 0. The number of aliphatic hydroxyl groups is 1. The van der Waals surface area contributed by atoms with E-state index >= 15 is 0 Å². The topological polar surface area (TPSA) is 49.3 Å². The minimum absolute atomic E-state index is 0.00359. The van der Waals surface area contributed by atoms with E-state index in [1.807, 2.05) is 51.1 Å². The first-order valence-corrected chi connectivity index (χ1v) is 6.45. The van der Waals surface area contributed by atoms with Gasteiger partial charge in [0.2, 0.25) is 0 Å². The summed E-state index contributed by atoms with van der Waals surface area (Å²) in [6.07, 6.45) is 0. The third kappa shape index (κ3) is 4.79. The molecule has 1 rings (SSSR count). The molecule has 1 aromatic rings. The Hall–Kier alpha value is -1.00. The molecular weight excluding hydrogens is 234 g/mol. The number of rotatable bonds is 3. The first-order chi connectivity index (χ1) is 7.93. The molecule has 4 heteroatoms. The summed E-state index contributed by atoms with van der Waals surface area (Å²) in [4.78, 5) is 11.8. The quantitative estimate of drug-likeness (QED) is 0.868. The van der Waals surface area contributed by atoms with E-state index in [-0.39, 0.29) is 22.5 Å². The van der Waals surface area contributed by atoms with Crippen molar-refractivity contribution in [2.45, 2.75) is 26.0 Å². The van der Waals surface area contributed by atoms with Crippen LogP contribution in [0.15, 0.2) is 30.3 Å². The number of thioether (sulfide) groups is 1. The van der Waals surface area contributed by atoms with Crippen molar-refractivity contribution in [3.63, 3.8) is 0 Å². The molecule has 0 aliphatic rings. The Morgan fingerprint density at radius 1 is 1.35 bits per heavy atom. The van der Waals surface area contributed by atoms with Crippen LogP contribution in [-0.4, -0.2) is 22.2 Å². The number of anilines is 1. The molecule has 0 bridgehead atoms. The van der Waals surface area contributed by atoms with Gasteiger partial charge in [-0.3, -0.25) is 4.79 Å². The molecule has 1 amide bonds. The van der Waals surface area contributed by atoms with E-state index in [9.17, 15) is 9.90 Å². The molecule has 0 spiro atoms. The zero-order valence-electron chi connectivity index (χ0n) is 10.4. The predicted octanol–water partition coefficient (Wildman–Crippen LogP) is 3.36. The summed E-state index contributed by atoms with van der Waals surface area (Å²) in [5.41, 5.74) is 0.670. The van der Waals surface area contributed by atoms with E-state index < -0.39 is 0 Å². The summed E-state index contributed by atoms with van der Waals surface area (Å²) in [6, 6.07) is 9.31. The number of carbonyl (C=O) groups is 1. The summed E-state index contributed by atoms with van der Waals surface area (Å²) < 4.78 is 0. The first kappa shape index (κ1) is 14.1. The fourth-order valence-electron chi connectivity index (χ4n) is 1.29. The fourth-order valence-corrected chi connectivity index (χ4v) is 2.15. The van der Waals surface area contributed by atoms with E-state index in [0.717, 1.165) is 17.4 Å². The minimum atomic E-state index is -0.134. The van der Waals surface area contributed by atoms with Gasteiger partial charge < -0.3 is 10.4 Å². The second-order valence-corrected chi connectivity index (χ2v) is 6.11. The molecule has 3 nitrogen and oxygen atoms in total. The molecule has 0 fully saturated rings. The van der Waals surface area contributed by atoms with Crippen LogP contribution in [0, 0.1) is 5.41 Å². The lowest BCUT2D eigenvalue weighted by Gasteiger charge is -2.27. The number of hydrogen-bond acceptors (Lipinski definition) is 3. The van der Waals surface area contributed by atoms with Crippen LogP contribution >= 0.6 is 11.8 Å². The molecule has 0 saturated carbocycles. The Bertz CT molecular complexity index is 359. The fraction of sp³-hybridized carbons (Fsp3) is 0.462. The SMILES string of the molecule is CC(C)(C)[C@H](CO)SC(=O)Nc1ccccc1. The van der Waals surface area contributed by atoms with E-state index in [0.29, 0.717) is 0 Å². The highest BCUT2D eigenvalue weighted by Crippen LogP contribution is 2.30. The van der Waals surface area contributed by atoms with Crippen molar-refractivity contribution in [1.29, 1.82) is 0 Å². The second kappa shape index (κ2) is 6.07. The molecule has 0 radical (unpaired) electrons. The Morgan fingerprint density at radius 3 is 2.41 bits per heavy atom. The van der Waals surface area contributed by atoms with Crippen molar-refractivity contribution in [3.8, 4) is 0 Å². The first-order valence-electron chi connectivity index (χ1n) is 5.57. The lowest BCUT2D eigenvalue weighted by Crippen LogP contribution is -2.29. The molecule has 2 N–H and O–H groups in total. The molecule has 0 aliphatic heterocycles. The van der Waals surface area contributed by atoms with E-state index in [4.69, 9.17) is 0 Å². The molecule has 1 atom stereocenters. The normalized spacial score (nSPS) is 13.2. The highest BCUT2D eigenvalue weighted by atomic mass is 32.2. The van der Waals surface area contributed by atoms with Gasteiger partial charge >= 0.3 is 0 Å². The van der Waals surface area contributed by atoms with Gasteiger partial charge in [-0.1, -0.05) is 50.7 Å². The lowest BCUT2D eigenvalue weighted by atomic mass is 9.92. The maximum atomic E-state index is 11.8. The lowest BCUT2D eigenvalue weighted by molar-refractivity contribution is 0.233. The van der Waals surface area contributed by atoms with Gasteiger partial charge in [0.1, 0.15) is 0 Å². The Labute approximate surface area is 107 Å². The smallest absolute Gasteiger partial charge is 0.283 e. The van der Waals surface area contributed by atoms with E-state index in [1.165, 1.54) is 0 Å². The van der Waals surface area contributed by atoms with Crippen LogP contribution in [0.4, 0.5) is 10.5 Å². The highest BCUT2D eigenvalue weighted by molar-refractivity contribution is 8.14. The zero-order valence-corrected chi connectivity index (χ0v) is 11.3. The summed E-state index contributed by atoms with van der Waals surface area (Å²) in [5.74, 6) is 0. The molecule has 0 aromatic heterocycles. The Balaban J connectivity index is 2.55. The van der Waals surface area contributed by atoms with Crippen LogP contribution in [0.5, 0.6) is 0 Å². The third-order valence-electron chi connectivity index (χ3n) is 2.40. The molecule has 0 aliphatic carbocycles. The van der Waals surface area contributed by atoms with Crippen molar-refractivity contribution < 1.29 is 9.90 Å². The summed E-state index contributed by atoms with van der Waals surface area (Å²) in [5, 5.41) is 11.8. The van der Waals surface area contributed by atoms with Gasteiger partial charge in [-0.25, -0.2) is 0 Å². The number of para-hydroxylation sites is 1. The minimum Gasteiger partial charge on any atom is -0.395 e. The average Bonchev–Trinajstić information content (AvgIpc) is 2.25. The molecule has 17 heavy (non-hydrogen) atoms. The number of nitrogens with one attached hydrogen (secondary N) is 1. The summed E-state index contributed by atoms with van der Waals surface area (Å²) in [6.45, 7) is 6.03. The maximum absolute atomic E-state index is 11.8. The average molecular weight is 253 g/mol. The largest absolute Gasteiger partial charge is 0.395 e.